The molecule has 2 heterocycles. The number of nitrogens with one attached hydrogen (secondary N) is 3. The molecule has 0 spiro atoms. The Morgan fingerprint density at radius 3 is 2.75 bits per heavy atom. The van der Waals surface area contributed by atoms with Gasteiger partial charge in [-0.1, -0.05) is 0 Å². The van der Waals surface area contributed by atoms with E-state index in [0.717, 1.165) is 54.1 Å². The Bertz CT molecular complexity index is 796. The highest BCUT2D eigenvalue weighted by atomic mass is 16.5. The Balaban J connectivity index is 1.73. The van der Waals surface area contributed by atoms with Crippen LogP contribution in [0.15, 0.2) is 18.3 Å². The fourth-order valence-electron chi connectivity index (χ4n) is 4.00. The normalized spacial score (nSPS) is 22.3. The predicted octanol–water partition coefficient (Wildman–Crippen LogP) is 2.71. The van der Waals surface area contributed by atoms with Crippen LogP contribution < -0.4 is 20.3 Å². The van der Waals surface area contributed by atoms with Crippen molar-refractivity contribution in [2.75, 3.05) is 24.6 Å². The summed E-state index contributed by atoms with van der Waals surface area (Å²) in [5.74, 6) is 1.43. The van der Waals surface area contributed by atoms with Crippen molar-refractivity contribution < 1.29 is 9.53 Å². The van der Waals surface area contributed by atoms with Crippen LogP contribution in [-0.4, -0.2) is 43.9 Å². The Hall–Kier alpha value is -2.34. The van der Waals surface area contributed by atoms with E-state index >= 15 is 0 Å². The van der Waals surface area contributed by atoms with Gasteiger partial charge in [0.1, 0.15) is 5.75 Å². The lowest BCUT2D eigenvalue weighted by atomic mass is 9.91. The van der Waals surface area contributed by atoms with Crippen molar-refractivity contribution in [1.82, 2.24) is 10.6 Å². The first kappa shape index (κ1) is 19.0. The van der Waals surface area contributed by atoms with Gasteiger partial charge in [-0.2, -0.15) is 0 Å². The number of carbonyl (C=O) groups is 1. The molecule has 2 fully saturated rings. The summed E-state index contributed by atoms with van der Waals surface area (Å²) in [5, 5.41) is 14.6. The molecule has 150 valence electrons. The fourth-order valence-corrected chi connectivity index (χ4v) is 4.00. The number of anilines is 1. The number of benzene rings is 1. The van der Waals surface area contributed by atoms with Gasteiger partial charge in [-0.3, -0.25) is 4.79 Å². The molecule has 1 saturated heterocycles. The minimum absolute atomic E-state index is 0.0635. The average Bonchev–Trinajstić information content (AvgIpc) is 3.45. The highest BCUT2D eigenvalue weighted by molar-refractivity contribution is 6.10. The Morgan fingerprint density at radius 2 is 2.14 bits per heavy atom. The minimum atomic E-state index is 0.0635. The summed E-state index contributed by atoms with van der Waals surface area (Å²) in [4.78, 5) is 14.2. The van der Waals surface area contributed by atoms with Crippen LogP contribution in [0.4, 0.5) is 5.69 Å². The van der Waals surface area contributed by atoms with Crippen molar-refractivity contribution in [2.24, 2.45) is 5.92 Å². The van der Waals surface area contributed by atoms with E-state index < -0.39 is 0 Å². The molecule has 3 aliphatic rings. The Labute approximate surface area is 166 Å². The van der Waals surface area contributed by atoms with Crippen LogP contribution in [0.3, 0.4) is 0 Å². The summed E-state index contributed by atoms with van der Waals surface area (Å²) in [6, 6.07) is 4.75. The van der Waals surface area contributed by atoms with Gasteiger partial charge in [0.2, 0.25) is 5.91 Å². The third kappa shape index (κ3) is 3.78. The summed E-state index contributed by atoms with van der Waals surface area (Å²) < 4.78 is 6.36. The first-order chi connectivity index (χ1) is 13.6. The quantitative estimate of drug-likeness (QED) is 0.634. The number of hydrogen-bond donors (Lipinski definition) is 3. The zero-order valence-electron chi connectivity index (χ0n) is 16.8. The monoisotopic (exact) mass is 382 g/mol. The van der Waals surface area contributed by atoms with E-state index in [9.17, 15) is 4.79 Å². The van der Waals surface area contributed by atoms with Crippen LogP contribution in [0.1, 0.15) is 44.2 Å². The SMILES string of the molecule is CC(=O)N1c2ccc(/C(C=N)=C/NC3CC3)c(OCC3CNC3)c2CC[C@@H]1C. The van der Waals surface area contributed by atoms with Gasteiger partial charge in [-0.05, 0) is 44.7 Å². The zero-order valence-corrected chi connectivity index (χ0v) is 16.8. The lowest BCUT2D eigenvalue weighted by Crippen LogP contribution is -2.45. The maximum atomic E-state index is 12.3. The number of hydrogen-bond acceptors (Lipinski definition) is 5. The molecule has 0 aromatic heterocycles. The molecule has 6 nitrogen and oxygen atoms in total. The molecule has 6 heteroatoms. The van der Waals surface area contributed by atoms with Crippen molar-refractivity contribution in [1.29, 1.82) is 5.41 Å². The third-order valence-electron chi connectivity index (χ3n) is 5.94. The van der Waals surface area contributed by atoms with Gasteiger partial charge in [0.15, 0.2) is 0 Å². The number of nitrogens with zero attached hydrogens (tertiary/aromatic N) is 1. The topological polar surface area (TPSA) is 77.5 Å². The second-order valence-corrected chi connectivity index (χ2v) is 8.24. The molecule has 1 saturated carbocycles. The molecule has 1 atom stereocenters. The zero-order chi connectivity index (χ0) is 19.7. The number of rotatable bonds is 7. The molecule has 0 bridgehead atoms. The van der Waals surface area contributed by atoms with Crippen molar-refractivity contribution in [3.8, 4) is 5.75 Å². The van der Waals surface area contributed by atoms with Crippen molar-refractivity contribution in [3.63, 3.8) is 0 Å². The van der Waals surface area contributed by atoms with Crippen molar-refractivity contribution in [3.05, 3.63) is 29.5 Å². The molecule has 4 rings (SSSR count). The summed E-state index contributed by atoms with van der Waals surface area (Å²) in [7, 11) is 0. The predicted molar refractivity (Wildman–Crippen MR) is 112 cm³/mol. The summed E-state index contributed by atoms with van der Waals surface area (Å²) in [6.07, 6.45) is 7.52. The fraction of sp³-hybridized carbons (Fsp3) is 0.545. The number of ether oxygens (including phenoxy) is 1. The van der Waals surface area contributed by atoms with Crippen LogP contribution in [0.25, 0.3) is 5.57 Å². The molecule has 1 aromatic carbocycles. The van der Waals surface area contributed by atoms with Gasteiger partial charge in [-0.25, -0.2) is 0 Å². The van der Waals surface area contributed by atoms with Crippen LogP contribution >= 0.6 is 0 Å². The van der Waals surface area contributed by atoms with Gasteiger partial charge in [0.25, 0.3) is 0 Å². The number of fused-ring (bicyclic) bond motifs is 1. The maximum absolute atomic E-state index is 12.3. The molecule has 2 aliphatic heterocycles. The van der Waals surface area contributed by atoms with E-state index in [1.807, 2.05) is 23.2 Å². The van der Waals surface area contributed by atoms with E-state index in [0.29, 0.717) is 18.6 Å². The lowest BCUT2D eigenvalue weighted by molar-refractivity contribution is -0.117. The number of carbonyl (C=O) groups excluding carboxylic acids is 1. The van der Waals surface area contributed by atoms with E-state index in [1.54, 1.807) is 6.92 Å². The molecule has 0 unspecified atom stereocenters. The summed E-state index contributed by atoms with van der Waals surface area (Å²) >= 11 is 0. The maximum Gasteiger partial charge on any atom is 0.224 e. The largest absolute Gasteiger partial charge is 0.492 e. The number of amides is 1. The highest BCUT2D eigenvalue weighted by Crippen LogP contribution is 2.41. The molecular weight excluding hydrogens is 352 g/mol. The van der Waals surface area contributed by atoms with Crippen LogP contribution in [0.5, 0.6) is 5.75 Å². The van der Waals surface area contributed by atoms with Crippen LogP contribution in [0.2, 0.25) is 0 Å². The van der Waals surface area contributed by atoms with Crippen molar-refractivity contribution in [2.45, 2.75) is 51.6 Å². The molecule has 3 N–H and O–H groups in total. The molecule has 1 aliphatic carbocycles. The van der Waals surface area contributed by atoms with Gasteiger partial charge < -0.3 is 25.7 Å². The van der Waals surface area contributed by atoms with Gasteiger partial charge >= 0.3 is 0 Å². The third-order valence-corrected chi connectivity index (χ3v) is 5.94. The first-order valence-electron chi connectivity index (χ1n) is 10.3. The van der Waals surface area contributed by atoms with Gasteiger partial charge in [0, 0.05) is 67.1 Å². The second-order valence-electron chi connectivity index (χ2n) is 8.24. The Kier molecular flexibility index (Phi) is 5.40. The average molecular weight is 383 g/mol. The first-order valence-corrected chi connectivity index (χ1v) is 10.3. The van der Waals surface area contributed by atoms with E-state index in [-0.39, 0.29) is 11.9 Å². The Morgan fingerprint density at radius 1 is 1.36 bits per heavy atom. The summed E-state index contributed by atoms with van der Waals surface area (Å²) in [5.41, 5.74) is 3.81. The molecule has 1 aromatic rings. The number of allylic oxidation sites excluding steroid dienone is 1. The smallest absolute Gasteiger partial charge is 0.224 e. The molecule has 28 heavy (non-hydrogen) atoms. The van der Waals surface area contributed by atoms with E-state index in [1.165, 1.54) is 19.1 Å². The van der Waals surface area contributed by atoms with Crippen LogP contribution in [-0.2, 0) is 11.2 Å². The van der Waals surface area contributed by atoms with Crippen molar-refractivity contribution >= 4 is 23.4 Å². The lowest BCUT2D eigenvalue weighted by Gasteiger charge is -2.36. The highest BCUT2D eigenvalue weighted by Gasteiger charge is 2.30. The standard InChI is InChI=1S/C22H30N4O2/c1-14-3-6-20-21(26(14)15(2)27)8-7-19(17(9-23)12-25-18-4-5-18)22(20)28-13-16-10-24-11-16/h7-9,12,14,16,18,23-25H,3-6,10-11,13H2,1-2H3/b17-12+,23-9?/t14-/m0/s1. The molecule has 1 amide bonds. The minimum Gasteiger partial charge on any atom is -0.492 e. The molecular formula is C22H30N4O2. The van der Waals surface area contributed by atoms with Gasteiger partial charge in [0.05, 0.1) is 12.3 Å². The summed E-state index contributed by atoms with van der Waals surface area (Å²) in [6.45, 7) is 6.35. The second kappa shape index (κ2) is 7.95. The van der Waals surface area contributed by atoms with E-state index in [2.05, 4.69) is 17.6 Å². The van der Waals surface area contributed by atoms with Crippen LogP contribution in [0, 0.1) is 11.3 Å². The molecule has 0 radical (unpaired) electrons. The van der Waals surface area contributed by atoms with E-state index in [4.69, 9.17) is 10.1 Å². The van der Waals surface area contributed by atoms with Gasteiger partial charge in [-0.15, -0.1) is 0 Å².